The SMILES string of the molecule is Cc1ccc(C(=O)N2CCC[C@@H](N(C)Cc3nccc(N)n3)CC2)c(F)c1. The maximum Gasteiger partial charge on any atom is 0.256 e. The number of hydrogen-bond acceptors (Lipinski definition) is 5. The van der Waals surface area contributed by atoms with E-state index in [2.05, 4.69) is 14.9 Å². The molecule has 3 rings (SSSR count). The van der Waals surface area contributed by atoms with E-state index in [1.165, 1.54) is 6.07 Å². The van der Waals surface area contributed by atoms with E-state index >= 15 is 0 Å². The molecule has 0 radical (unpaired) electrons. The topological polar surface area (TPSA) is 75.4 Å². The number of nitrogens with zero attached hydrogens (tertiary/aromatic N) is 4. The molecule has 0 spiro atoms. The maximum atomic E-state index is 14.2. The number of likely N-dealkylation sites (tertiary alicyclic amines) is 1. The maximum absolute atomic E-state index is 14.2. The van der Waals surface area contributed by atoms with Gasteiger partial charge in [-0.25, -0.2) is 14.4 Å². The van der Waals surface area contributed by atoms with Crippen LogP contribution in [0.1, 0.15) is 41.0 Å². The molecule has 1 aromatic carbocycles. The van der Waals surface area contributed by atoms with Crippen LogP contribution in [0.15, 0.2) is 30.5 Å². The Bertz CT molecular complexity index is 813. The second-order valence-electron chi connectivity index (χ2n) is 7.17. The summed E-state index contributed by atoms with van der Waals surface area (Å²) in [5.74, 6) is 0.481. The molecule has 2 heterocycles. The third kappa shape index (κ3) is 4.80. The summed E-state index contributed by atoms with van der Waals surface area (Å²) in [7, 11) is 2.04. The van der Waals surface area contributed by atoms with Crippen LogP contribution in [0.3, 0.4) is 0 Å². The van der Waals surface area contributed by atoms with Crippen molar-refractivity contribution in [2.75, 3.05) is 25.9 Å². The number of carbonyl (C=O) groups excluding carboxylic acids is 1. The lowest BCUT2D eigenvalue weighted by atomic mass is 10.1. The minimum absolute atomic E-state index is 0.153. The number of hydrogen-bond donors (Lipinski definition) is 1. The second kappa shape index (κ2) is 8.43. The van der Waals surface area contributed by atoms with Gasteiger partial charge in [-0.1, -0.05) is 6.07 Å². The van der Waals surface area contributed by atoms with Crippen molar-refractivity contribution < 1.29 is 9.18 Å². The van der Waals surface area contributed by atoms with Crippen LogP contribution in [0.4, 0.5) is 10.2 Å². The summed E-state index contributed by atoms with van der Waals surface area (Å²) in [5, 5.41) is 0. The molecular weight excluding hydrogens is 345 g/mol. The molecule has 1 aliphatic heterocycles. The van der Waals surface area contributed by atoms with Crippen molar-refractivity contribution in [2.24, 2.45) is 0 Å². The fourth-order valence-electron chi connectivity index (χ4n) is 3.53. The fourth-order valence-corrected chi connectivity index (χ4v) is 3.53. The van der Waals surface area contributed by atoms with E-state index < -0.39 is 5.82 Å². The van der Waals surface area contributed by atoms with Crippen LogP contribution >= 0.6 is 0 Å². The zero-order valence-corrected chi connectivity index (χ0v) is 15.9. The summed E-state index contributed by atoms with van der Waals surface area (Å²) in [5.41, 5.74) is 6.69. The lowest BCUT2D eigenvalue weighted by Gasteiger charge is -2.26. The highest BCUT2D eigenvalue weighted by Gasteiger charge is 2.25. The molecule has 0 aliphatic carbocycles. The molecule has 144 valence electrons. The van der Waals surface area contributed by atoms with Crippen LogP contribution in [0.5, 0.6) is 0 Å². The lowest BCUT2D eigenvalue weighted by Crippen LogP contribution is -2.35. The number of carbonyl (C=O) groups is 1. The van der Waals surface area contributed by atoms with Crippen LogP contribution in [-0.2, 0) is 6.54 Å². The lowest BCUT2D eigenvalue weighted by molar-refractivity contribution is 0.0752. The van der Waals surface area contributed by atoms with Gasteiger partial charge in [0.2, 0.25) is 0 Å². The van der Waals surface area contributed by atoms with Crippen molar-refractivity contribution in [1.29, 1.82) is 0 Å². The first-order chi connectivity index (χ1) is 12.9. The zero-order valence-electron chi connectivity index (χ0n) is 15.9. The van der Waals surface area contributed by atoms with Crippen molar-refractivity contribution in [3.63, 3.8) is 0 Å². The molecule has 6 nitrogen and oxygen atoms in total. The van der Waals surface area contributed by atoms with Crippen LogP contribution < -0.4 is 5.73 Å². The molecule has 0 unspecified atom stereocenters. The van der Waals surface area contributed by atoms with Crippen molar-refractivity contribution in [2.45, 2.75) is 38.8 Å². The third-order valence-electron chi connectivity index (χ3n) is 5.08. The van der Waals surface area contributed by atoms with Gasteiger partial charge in [-0.15, -0.1) is 0 Å². The van der Waals surface area contributed by atoms with Gasteiger partial charge in [-0.3, -0.25) is 9.69 Å². The van der Waals surface area contributed by atoms with Crippen molar-refractivity contribution >= 4 is 11.7 Å². The smallest absolute Gasteiger partial charge is 0.256 e. The Labute approximate surface area is 159 Å². The molecule has 2 N–H and O–H groups in total. The number of aromatic nitrogens is 2. The molecule has 1 saturated heterocycles. The minimum Gasteiger partial charge on any atom is -0.384 e. The van der Waals surface area contributed by atoms with Gasteiger partial charge >= 0.3 is 0 Å². The largest absolute Gasteiger partial charge is 0.384 e. The molecule has 1 atom stereocenters. The summed E-state index contributed by atoms with van der Waals surface area (Å²) in [6, 6.07) is 6.75. The zero-order chi connectivity index (χ0) is 19.4. The molecule has 1 aromatic heterocycles. The molecule has 0 saturated carbocycles. The standard InChI is InChI=1S/C20H26FN5O/c1-14-5-6-16(17(21)12-14)20(27)26-10-3-4-15(8-11-26)25(2)13-19-23-9-7-18(22)24-19/h5-7,9,12,15H,3-4,8,10-11,13H2,1-2H3,(H2,22,23,24)/t15-/m1/s1. The molecule has 27 heavy (non-hydrogen) atoms. The monoisotopic (exact) mass is 371 g/mol. The van der Waals surface area contributed by atoms with Crippen LogP contribution in [0, 0.1) is 12.7 Å². The van der Waals surface area contributed by atoms with Gasteiger partial charge in [0.25, 0.3) is 5.91 Å². The Morgan fingerprint density at radius 3 is 2.89 bits per heavy atom. The summed E-state index contributed by atoms with van der Waals surface area (Å²) in [6.45, 7) is 3.67. The van der Waals surface area contributed by atoms with Gasteiger partial charge in [0, 0.05) is 25.3 Å². The third-order valence-corrected chi connectivity index (χ3v) is 5.08. The van der Waals surface area contributed by atoms with E-state index in [-0.39, 0.29) is 11.5 Å². The Morgan fingerprint density at radius 2 is 2.15 bits per heavy atom. The van der Waals surface area contributed by atoms with Crippen LogP contribution in [0.2, 0.25) is 0 Å². The number of aryl methyl sites for hydroxylation is 1. The molecule has 1 fully saturated rings. The Kier molecular flexibility index (Phi) is 6.01. The molecule has 7 heteroatoms. The summed E-state index contributed by atoms with van der Waals surface area (Å²) in [6.07, 6.45) is 4.35. The first-order valence-electron chi connectivity index (χ1n) is 9.27. The number of nitrogen functional groups attached to an aromatic ring is 1. The van der Waals surface area contributed by atoms with Crippen molar-refractivity contribution in [3.05, 3.63) is 53.2 Å². The number of anilines is 1. The van der Waals surface area contributed by atoms with Gasteiger partial charge in [0.15, 0.2) is 0 Å². The highest BCUT2D eigenvalue weighted by molar-refractivity contribution is 5.94. The normalized spacial score (nSPS) is 17.8. The van der Waals surface area contributed by atoms with Gasteiger partial charge in [-0.2, -0.15) is 0 Å². The Balaban J connectivity index is 1.62. The second-order valence-corrected chi connectivity index (χ2v) is 7.17. The van der Waals surface area contributed by atoms with Crippen LogP contribution in [-0.4, -0.2) is 51.9 Å². The Morgan fingerprint density at radius 1 is 1.33 bits per heavy atom. The summed E-state index contributed by atoms with van der Waals surface area (Å²) >= 11 is 0. The molecular formula is C20H26FN5O. The van der Waals surface area contributed by atoms with Gasteiger partial charge in [0.05, 0.1) is 12.1 Å². The van der Waals surface area contributed by atoms with Gasteiger partial charge < -0.3 is 10.6 Å². The van der Waals surface area contributed by atoms with E-state index in [9.17, 15) is 9.18 Å². The van der Waals surface area contributed by atoms with Crippen molar-refractivity contribution in [1.82, 2.24) is 19.8 Å². The fraction of sp³-hybridized carbons (Fsp3) is 0.450. The number of halogens is 1. The molecule has 2 aromatic rings. The molecule has 1 aliphatic rings. The van der Waals surface area contributed by atoms with E-state index in [1.54, 1.807) is 29.3 Å². The number of benzene rings is 1. The predicted octanol–water partition coefficient (Wildman–Crippen LogP) is 2.63. The van der Waals surface area contributed by atoms with Gasteiger partial charge in [0.1, 0.15) is 17.5 Å². The summed E-state index contributed by atoms with van der Waals surface area (Å²) in [4.78, 5) is 25.2. The average Bonchev–Trinajstić information content (AvgIpc) is 2.87. The van der Waals surface area contributed by atoms with E-state index in [0.29, 0.717) is 37.3 Å². The highest BCUT2D eigenvalue weighted by Crippen LogP contribution is 2.20. The quantitative estimate of drug-likeness (QED) is 0.894. The molecule has 1 amide bonds. The van der Waals surface area contributed by atoms with E-state index in [0.717, 1.165) is 24.8 Å². The first-order valence-corrected chi connectivity index (χ1v) is 9.27. The predicted molar refractivity (Wildman–Crippen MR) is 103 cm³/mol. The Hall–Kier alpha value is -2.54. The first kappa shape index (κ1) is 19.2. The molecule has 0 bridgehead atoms. The number of amides is 1. The summed E-state index contributed by atoms with van der Waals surface area (Å²) < 4.78 is 14.2. The van der Waals surface area contributed by atoms with E-state index in [4.69, 9.17) is 5.73 Å². The number of rotatable bonds is 4. The average molecular weight is 371 g/mol. The van der Waals surface area contributed by atoms with Crippen LogP contribution in [0.25, 0.3) is 0 Å². The van der Waals surface area contributed by atoms with Gasteiger partial charge in [-0.05, 0) is 57.0 Å². The highest BCUT2D eigenvalue weighted by atomic mass is 19.1. The minimum atomic E-state index is -0.447. The van der Waals surface area contributed by atoms with Crippen molar-refractivity contribution in [3.8, 4) is 0 Å². The number of nitrogens with two attached hydrogens (primary N) is 1. The van der Waals surface area contributed by atoms with E-state index in [1.807, 2.05) is 14.0 Å².